The van der Waals surface area contributed by atoms with Crippen LogP contribution in [-0.2, 0) is 16.1 Å². The second-order valence-corrected chi connectivity index (χ2v) is 5.83. The van der Waals surface area contributed by atoms with E-state index in [0.29, 0.717) is 54.7 Å². The van der Waals surface area contributed by atoms with Gasteiger partial charge >= 0.3 is 5.97 Å². The van der Waals surface area contributed by atoms with Crippen molar-refractivity contribution in [1.82, 2.24) is 25.0 Å². The van der Waals surface area contributed by atoms with Crippen molar-refractivity contribution < 1.29 is 19.7 Å². The van der Waals surface area contributed by atoms with Crippen molar-refractivity contribution in [3.63, 3.8) is 0 Å². The van der Waals surface area contributed by atoms with Crippen LogP contribution in [0, 0.1) is 0 Å². The van der Waals surface area contributed by atoms with Crippen molar-refractivity contribution in [3.8, 4) is 17.1 Å². The fourth-order valence-electron chi connectivity index (χ4n) is 2.85. The first-order chi connectivity index (χ1) is 12.6. The standard InChI is InChI=1S/C16H16N6O4/c23-11-3-1-2-10(8-11)14-17-15(21-4-6-26-7-5-21)13-16(18-14)22(20-19-13)9-12(24)25/h1-3,8,23H,4-7,9H2,(H,24,25). The second-order valence-electron chi connectivity index (χ2n) is 5.83. The number of ether oxygens (including phenoxy) is 1. The van der Waals surface area contributed by atoms with Crippen LogP contribution in [-0.4, -0.2) is 67.4 Å². The Labute approximate surface area is 147 Å². The molecule has 0 unspecified atom stereocenters. The number of fused-ring (bicyclic) bond motifs is 1. The summed E-state index contributed by atoms with van der Waals surface area (Å²) in [5.74, 6) is -0.00404. The Morgan fingerprint density at radius 3 is 2.77 bits per heavy atom. The van der Waals surface area contributed by atoms with Crippen LogP contribution < -0.4 is 4.90 Å². The quantitative estimate of drug-likeness (QED) is 0.687. The van der Waals surface area contributed by atoms with E-state index < -0.39 is 5.97 Å². The van der Waals surface area contributed by atoms with Crippen molar-refractivity contribution in [3.05, 3.63) is 24.3 Å². The largest absolute Gasteiger partial charge is 0.508 e. The van der Waals surface area contributed by atoms with E-state index >= 15 is 0 Å². The molecule has 0 aliphatic carbocycles. The lowest BCUT2D eigenvalue weighted by Gasteiger charge is -2.27. The number of carboxylic acids is 1. The molecular weight excluding hydrogens is 340 g/mol. The zero-order valence-corrected chi connectivity index (χ0v) is 13.7. The maximum Gasteiger partial charge on any atom is 0.325 e. The Bertz CT molecular complexity index is 967. The molecule has 1 aliphatic rings. The Morgan fingerprint density at radius 1 is 1.23 bits per heavy atom. The molecule has 1 aliphatic heterocycles. The summed E-state index contributed by atoms with van der Waals surface area (Å²) in [4.78, 5) is 22.2. The monoisotopic (exact) mass is 356 g/mol. The molecule has 3 aromatic rings. The number of nitrogens with zero attached hydrogens (tertiary/aromatic N) is 6. The molecular formula is C16H16N6O4. The number of rotatable bonds is 4. The minimum atomic E-state index is -1.04. The lowest BCUT2D eigenvalue weighted by molar-refractivity contribution is -0.137. The molecule has 0 spiro atoms. The second kappa shape index (κ2) is 6.56. The van der Waals surface area contributed by atoms with Crippen LogP contribution in [0.3, 0.4) is 0 Å². The first-order valence-corrected chi connectivity index (χ1v) is 8.07. The molecule has 0 amide bonds. The number of aliphatic carboxylic acids is 1. The number of hydrogen-bond donors (Lipinski definition) is 2. The summed E-state index contributed by atoms with van der Waals surface area (Å²) in [5.41, 5.74) is 1.39. The number of hydrogen-bond acceptors (Lipinski definition) is 8. The predicted molar refractivity (Wildman–Crippen MR) is 90.9 cm³/mol. The zero-order chi connectivity index (χ0) is 18.1. The molecule has 26 heavy (non-hydrogen) atoms. The fourth-order valence-corrected chi connectivity index (χ4v) is 2.85. The number of phenols is 1. The number of benzene rings is 1. The molecule has 0 radical (unpaired) electrons. The van der Waals surface area contributed by atoms with E-state index in [-0.39, 0.29) is 12.3 Å². The number of carboxylic acid groups (broad SMARTS) is 1. The highest BCUT2D eigenvalue weighted by Crippen LogP contribution is 2.28. The van der Waals surface area contributed by atoms with Gasteiger partial charge in [0.05, 0.1) is 13.2 Å². The fraction of sp³-hybridized carbons (Fsp3) is 0.312. The van der Waals surface area contributed by atoms with Crippen LogP contribution in [0.15, 0.2) is 24.3 Å². The van der Waals surface area contributed by atoms with Crippen molar-refractivity contribution in [1.29, 1.82) is 0 Å². The van der Waals surface area contributed by atoms with E-state index in [1.54, 1.807) is 24.3 Å². The molecule has 3 heterocycles. The van der Waals surface area contributed by atoms with Crippen LogP contribution in [0.25, 0.3) is 22.6 Å². The Balaban J connectivity index is 1.90. The molecule has 10 nitrogen and oxygen atoms in total. The summed E-state index contributed by atoms with van der Waals surface area (Å²) in [5, 5.41) is 26.9. The van der Waals surface area contributed by atoms with Gasteiger partial charge in [0.1, 0.15) is 12.3 Å². The lowest BCUT2D eigenvalue weighted by Crippen LogP contribution is -2.37. The average molecular weight is 356 g/mol. The van der Waals surface area contributed by atoms with Crippen LogP contribution in [0.5, 0.6) is 5.75 Å². The van der Waals surface area contributed by atoms with Gasteiger partial charge in [-0.25, -0.2) is 14.6 Å². The number of aromatic nitrogens is 5. The van der Waals surface area contributed by atoms with Gasteiger partial charge in [-0.2, -0.15) is 0 Å². The van der Waals surface area contributed by atoms with Crippen molar-refractivity contribution >= 4 is 23.0 Å². The summed E-state index contributed by atoms with van der Waals surface area (Å²) in [6, 6.07) is 6.57. The van der Waals surface area contributed by atoms with Gasteiger partial charge in [-0.3, -0.25) is 4.79 Å². The number of carbonyl (C=O) groups is 1. The molecule has 1 aromatic carbocycles. The normalized spacial score (nSPS) is 14.7. The van der Waals surface area contributed by atoms with Gasteiger partial charge in [-0.1, -0.05) is 17.3 Å². The smallest absolute Gasteiger partial charge is 0.325 e. The molecule has 10 heteroatoms. The molecule has 0 saturated carbocycles. The zero-order valence-electron chi connectivity index (χ0n) is 13.7. The SMILES string of the molecule is O=C(O)Cn1nnc2c(N3CCOCC3)nc(-c3cccc(O)c3)nc21. The highest BCUT2D eigenvalue weighted by atomic mass is 16.5. The highest BCUT2D eigenvalue weighted by molar-refractivity contribution is 5.86. The molecule has 0 bridgehead atoms. The van der Waals surface area contributed by atoms with Gasteiger partial charge < -0.3 is 19.8 Å². The highest BCUT2D eigenvalue weighted by Gasteiger charge is 2.22. The Kier molecular flexibility index (Phi) is 4.09. The minimum absolute atomic E-state index is 0.0938. The average Bonchev–Trinajstić information content (AvgIpc) is 3.04. The van der Waals surface area contributed by atoms with Gasteiger partial charge in [0.25, 0.3) is 0 Å². The third-order valence-electron chi connectivity index (χ3n) is 4.04. The number of anilines is 1. The Morgan fingerprint density at radius 2 is 2.04 bits per heavy atom. The van der Waals surface area contributed by atoms with E-state index in [4.69, 9.17) is 9.84 Å². The van der Waals surface area contributed by atoms with Gasteiger partial charge in [-0.05, 0) is 12.1 Å². The lowest BCUT2D eigenvalue weighted by atomic mass is 10.2. The van der Waals surface area contributed by atoms with E-state index in [0.717, 1.165) is 0 Å². The van der Waals surface area contributed by atoms with Gasteiger partial charge in [-0.15, -0.1) is 5.10 Å². The van der Waals surface area contributed by atoms with Gasteiger partial charge in [0.2, 0.25) is 0 Å². The summed E-state index contributed by atoms with van der Waals surface area (Å²) >= 11 is 0. The molecule has 134 valence electrons. The molecule has 2 aromatic heterocycles. The van der Waals surface area contributed by atoms with Crippen LogP contribution in [0.2, 0.25) is 0 Å². The maximum absolute atomic E-state index is 11.1. The number of phenolic OH excluding ortho intramolecular Hbond substituents is 1. The van der Waals surface area contributed by atoms with Crippen molar-refractivity contribution in [2.45, 2.75) is 6.54 Å². The van der Waals surface area contributed by atoms with Crippen LogP contribution in [0.4, 0.5) is 5.82 Å². The van der Waals surface area contributed by atoms with E-state index in [1.807, 2.05) is 4.90 Å². The topological polar surface area (TPSA) is 126 Å². The van der Waals surface area contributed by atoms with Crippen LogP contribution in [0.1, 0.15) is 0 Å². The van der Waals surface area contributed by atoms with Gasteiger partial charge in [0.15, 0.2) is 22.8 Å². The summed E-state index contributed by atoms with van der Waals surface area (Å²) in [6.45, 7) is 2.05. The molecule has 0 atom stereocenters. The maximum atomic E-state index is 11.1. The van der Waals surface area contributed by atoms with Gasteiger partial charge in [0, 0.05) is 18.7 Å². The third kappa shape index (κ3) is 3.02. The molecule has 1 saturated heterocycles. The third-order valence-corrected chi connectivity index (χ3v) is 4.04. The number of morpholine rings is 1. The van der Waals surface area contributed by atoms with E-state index in [9.17, 15) is 9.90 Å². The first kappa shape index (κ1) is 16.2. The molecule has 1 fully saturated rings. The summed E-state index contributed by atoms with van der Waals surface area (Å²) in [7, 11) is 0. The Hall–Kier alpha value is -3.27. The van der Waals surface area contributed by atoms with Crippen molar-refractivity contribution in [2.24, 2.45) is 0 Å². The molecule has 2 N–H and O–H groups in total. The minimum Gasteiger partial charge on any atom is -0.508 e. The summed E-state index contributed by atoms with van der Waals surface area (Å²) < 4.78 is 6.62. The first-order valence-electron chi connectivity index (χ1n) is 8.07. The van der Waals surface area contributed by atoms with Crippen LogP contribution >= 0.6 is 0 Å². The molecule has 4 rings (SSSR count). The van der Waals surface area contributed by atoms with E-state index in [1.165, 1.54) is 4.68 Å². The van der Waals surface area contributed by atoms with Crippen molar-refractivity contribution in [2.75, 3.05) is 31.2 Å². The number of aromatic hydroxyl groups is 1. The van der Waals surface area contributed by atoms with E-state index in [2.05, 4.69) is 20.3 Å². The predicted octanol–water partition coefficient (Wildman–Crippen LogP) is 0.515. The summed E-state index contributed by atoms with van der Waals surface area (Å²) in [6.07, 6.45) is 0.